The second-order valence-corrected chi connectivity index (χ2v) is 7.16. The number of aromatic nitrogens is 1. The summed E-state index contributed by atoms with van der Waals surface area (Å²) in [5.41, 5.74) is 2.16. The predicted octanol–water partition coefficient (Wildman–Crippen LogP) is 5.09. The first-order valence-corrected chi connectivity index (χ1v) is 9.79. The molecule has 0 radical (unpaired) electrons. The topological polar surface area (TPSA) is 74.4 Å². The van der Waals surface area contributed by atoms with E-state index in [-0.39, 0.29) is 5.69 Å². The summed E-state index contributed by atoms with van der Waals surface area (Å²) in [6.07, 6.45) is 0. The summed E-state index contributed by atoms with van der Waals surface area (Å²) in [7, 11) is 0. The summed E-state index contributed by atoms with van der Waals surface area (Å²) in [6, 6.07) is 21.3. The van der Waals surface area contributed by atoms with Crippen LogP contribution in [0, 0.1) is 5.82 Å². The quantitative estimate of drug-likeness (QED) is 0.383. The summed E-state index contributed by atoms with van der Waals surface area (Å²) in [4.78, 5) is 27.8. The van der Waals surface area contributed by atoms with Crippen molar-refractivity contribution in [3.8, 4) is 5.75 Å². The number of nitrogens with one attached hydrogen (secondary N) is 2. The van der Waals surface area contributed by atoms with Gasteiger partial charge in [0, 0.05) is 17.0 Å². The van der Waals surface area contributed by atoms with Crippen molar-refractivity contribution >= 4 is 41.3 Å². The summed E-state index contributed by atoms with van der Waals surface area (Å²) < 4.78 is 20.1. The number of thiol groups is 1. The maximum atomic E-state index is 13.3. The van der Waals surface area contributed by atoms with E-state index < -0.39 is 17.8 Å². The minimum atomic E-state index is -0.738. The van der Waals surface area contributed by atoms with Crippen molar-refractivity contribution in [1.29, 1.82) is 0 Å². The molecule has 0 aliphatic heterocycles. The summed E-state index contributed by atoms with van der Waals surface area (Å²) in [6.45, 7) is 0.378. The van der Waals surface area contributed by atoms with Crippen LogP contribution in [-0.4, -0.2) is 16.9 Å². The van der Waals surface area contributed by atoms with Crippen LogP contribution in [0.4, 0.5) is 14.9 Å². The van der Waals surface area contributed by atoms with Crippen molar-refractivity contribution < 1.29 is 18.7 Å². The van der Waals surface area contributed by atoms with E-state index in [2.05, 4.69) is 23.1 Å². The summed E-state index contributed by atoms with van der Waals surface area (Å²) >= 11 is 4.20. The molecule has 4 aromatic rings. The number of aromatic amines is 1. The van der Waals surface area contributed by atoms with E-state index in [1.165, 1.54) is 24.3 Å². The molecule has 0 unspecified atom stereocenters. The number of carbonyl (C=O) groups excluding carboxylic acids is 2. The third-order valence-corrected chi connectivity index (χ3v) is 4.96. The maximum Gasteiger partial charge on any atom is 0.338 e. The Bertz CT molecular complexity index is 1240. The molecule has 0 saturated heterocycles. The molecule has 0 bridgehead atoms. The van der Waals surface area contributed by atoms with Gasteiger partial charge in [-0.3, -0.25) is 10.1 Å². The van der Waals surface area contributed by atoms with E-state index in [0.717, 1.165) is 9.87 Å². The molecule has 4 rings (SSSR count). The molecule has 0 aliphatic carbocycles. The molecule has 0 fully saturated rings. The monoisotopic (exact) mass is 435 g/mol. The molecule has 1 heterocycles. The molecule has 3 amide bonds. The zero-order chi connectivity index (χ0) is 21.8. The van der Waals surface area contributed by atoms with Crippen molar-refractivity contribution in [2.24, 2.45) is 0 Å². The van der Waals surface area contributed by atoms with Gasteiger partial charge in [0.1, 0.15) is 23.9 Å². The molecule has 31 heavy (non-hydrogen) atoms. The number of ether oxygens (including phenoxy) is 1. The lowest BCUT2D eigenvalue weighted by molar-refractivity contribution is 0.0962. The van der Waals surface area contributed by atoms with Gasteiger partial charge in [0.05, 0.1) is 5.69 Å². The van der Waals surface area contributed by atoms with Gasteiger partial charge in [0.25, 0.3) is 5.91 Å². The van der Waals surface area contributed by atoms with E-state index in [1.54, 1.807) is 24.3 Å². The number of benzene rings is 3. The van der Waals surface area contributed by atoms with Gasteiger partial charge in [-0.1, -0.05) is 49.2 Å². The number of amides is 3. The summed E-state index contributed by atoms with van der Waals surface area (Å²) in [5, 5.41) is 2.78. The van der Waals surface area contributed by atoms with Crippen LogP contribution in [0.3, 0.4) is 0 Å². The molecule has 0 spiro atoms. The standard InChI is InChI=1S/C23H18FN3O3S/c24-17-9-10-20-16(11-17)12-21(25-20)22(28)26-23(29)27(31)18-7-4-8-19(13-18)30-14-15-5-2-1-3-6-15/h1-13,25,31H,14H2,(H,26,28,29). The lowest BCUT2D eigenvalue weighted by Crippen LogP contribution is -2.38. The van der Waals surface area contributed by atoms with E-state index in [9.17, 15) is 14.0 Å². The van der Waals surface area contributed by atoms with Gasteiger partial charge in [0.2, 0.25) is 0 Å². The fourth-order valence-electron chi connectivity index (χ4n) is 3.01. The lowest BCUT2D eigenvalue weighted by Gasteiger charge is -2.17. The Hall–Kier alpha value is -3.78. The summed E-state index contributed by atoms with van der Waals surface area (Å²) in [5.74, 6) is -0.514. The van der Waals surface area contributed by atoms with Gasteiger partial charge >= 0.3 is 6.03 Å². The molecule has 2 N–H and O–H groups in total. The molecule has 0 atom stereocenters. The highest BCUT2D eigenvalue weighted by Crippen LogP contribution is 2.24. The Balaban J connectivity index is 1.41. The second-order valence-electron chi connectivity index (χ2n) is 6.76. The van der Waals surface area contributed by atoms with Crippen LogP contribution >= 0.6 is 12.8 Å². The van der Waals surface area contributed by atoms with Gasteiger partial charge in [-0.15, -0.1) is 0 Å². The van der Waals surface area contributed by atoms with Crippen LogP contribution in [0.25, 0.3) is 10.9 Å². The highest BCUT2D eigenvalue weighted by Gasteiger charge is 2.18. The van der Waals surface area contributed by atoms with Crippen molar-refractivity contribution in [1.82, 2.24) is 10.3 Å². The molecule has 0 saturated carbocycles. The van der Waals surface area contributed by atoms with Crippen molar-refractivity contribution in [3.63, 3.8) is 0 Å². The van der Waals surface area contributed by atoms with Crippen LogP contribution < -0.4 is 14.4 Å². The number of H-pyrrole nitrogens is 1. The Kier molecular flexibility index (Phi) is 5.90. The maximum absolute atomic E-state index is 13.3. The number of imide groups is 1. The van der Waals surface area contributed by atoms with E-state index in [4.69, 9.17) is 4.74 Å². The smallest absolute Gasteiger partial charge is 0.338 e. The van der Waals surface area contributed by atoms with Gasteiger partial charge in [-0.25, -0.2) is 13.5 Å². The minimum absolute atomic E-state index is 0.135. The first-order chi connectivity index (χ1) is 15.0. The van der Waals surface area contributed by atoms with E-state index in [0.29, 0.717) is 28.9 Å². The van der Waals surface area contributed by atoms with Crippen molar-refractivity contribution in [2.75, 3.05) is 4.31 Å². The second kappa shape index (κ2) is 8.93. The number of fused-ring (bicyclic) bond motifs is 1. The molecule has 3 aromatic carbocycles. The SMILES string of the molecule is O=C(NC(=O)N(S)c1cccc(OCc2ccccc2)c1)c1cc2cc(F)ccc2[nH]1. The first-order valence-electron chi connectivity index (χ1n) is 9.39. The zero-order valence-electron chi connectivity index (χ0n) is 16.2. The van der Waals surface area contributed by atoms with Gasteiger partial charge in [0.15, 0.2) is 0 Å². The Morgan fingerprint density at radius 3 is 2.61 bits per heavy atom. The first kappa shape index (κ1) is 20.5. The fraction of sp³-hybridized carbons (Fsp3) is 0.0435. The highest BCUT2D eigenvalue weighted by molar-refractivity contribution is 7.82. The number of carbonyl (C=O) groups is 2. The molecule has 156 valence electrons. The van der Waals surface area contributed by atoms with Gasteiger partial charge < -0.3 is 9.72 Å². The van der Waals surface area contributed by atoms with Crippen molar-refractivity contribution in [2.45, 2.75) is 6.61 Å². The van der Waals surface area contributed by atoms with Crippen LogP contribution in [-0.2, 0) is 6.61 Å². The average molecular weight is 435 g/mol. The van der Waals surface area contributed by atoms with Gasteiger partial charge in [-0.2, -0.15) is 0 Å². The van der Waals surface area contributed by atoms with Crippen LogP contribution in [0.2, 0.25) is 0 Å². The van der Waals surface area contributed by atoms with Gasteiger partial charge in [-0.05, 0) is 42.0 Å². The number of hydrogen-bond donors (Lipinski definition) is 3. The van der Waals surface area contributed by atoms with E-state index in [1.807, 2.05) is 30.3 Å². The largest absolute Gasteiger partial charge is 0.489 e. The molecule has 8 heteroatoms. The minimum Gasteiger partial charge on any atom is -0.489 e. The molecule has 1 aromatic heterocycles. The van der Waals surface area contributed by atoms with Crippen LogP contribution in [0.1, 0.15) is 16.1 Å². The van der Waals surface area contributed by atoms with Crippen LogP contribution in [0.15, 0.2) is 78.9 Å². The number of anilines is 1. The average Bonchev–Trinajstić information content (AvgIpc) is 3.21. The third-order valence-electron chi connectivity index (χ3n) is 4.55. The van der Waals surface area contributed by atoms with Crippen molar-refractivity contribution in [3.05, 3.63) is 95.9 Å². The lowest BCUT2D eigenvalue weighted by atomic mass is 10.2. The highest BCUT2D eigenvalue weighted by atomic mass is 32.1. The molecule has 0 aliphatic rings. The molecular weight excluding hydrogens is 417 g/mol. The molecule has 6 nitrogen and oxygen atoms in total. The zero-order valence-corrected chi connectivity index (χ0v) is 17.1. The van der Waals surface area contributed by atoms with Crippen LogP contribution in [0.5, 0.6) is 5.75 Å². The number of rotatable bonds is 5. The number of urea groups is 1. The number of nitrogens with zero attached hydrogens (tertiary/aromatic N) is 1. The van der Waals surface area contributed by atoms with E-state index >= 15 is 0 Å². The number of halogens is 1. The molecular formula is C23H18FN3O3S. The number of hydrogen-bond acceptors (Lipinski definition) is 4. The predicted molar refractivity (Wildman–Crippen MR) is 120 cm³/mol. The Labute approximate surface area is 183 Å². The third kappa shape index (κ3) is 4.87. The normalized spacial score (nSPS) is 10.6. The Morgan fingerprint density at radius 1 is 1.00 bits per heavy atom. The fourth-order valence-corrected chi connectivity index (χ4v) is 3.18. The Morgan fingerprint density at radius 2 is 1.81 bits per heavy atom.